The summed E-state index contributed by atoms with van der Waals surface area (Å²) in [6.07, 6.45) is 6.97. The van der Waals surface area contributed by atoms with Crippen LogP contribution in [0.1, 0.15) is 39.5 Å². The van der Waals surface area contributed by atoms with Crippen molar-refractivity contribution in [2.75, 3.05) is 50.7 Å². The van der Waals surface area contributed by atoms with Gasteiger partial charge in [-0.2, -0.15) is 5.10 Å². The van der Waals surface area contributed by atoms with Crippen LogP contribution in [-0.4, -0.2) is 94.1 Å². The van der Waals surface area contributed by atoms with Gasteiger partial charge in [-0.15, -0.1) is 0 Å². The molecule has 1 atom stereocenters. The van der Waals surface area contributed by atoms with E-state index >= 15 is 0 Å². The lowest BCUT2D eigenvalue weighted by Crippen LogP contribution is -2.59. The number of aromatic nitrogens is 2. The Morgan fingerprint density at radius 1 is 0.969 bits per heavy atom. The zero-order valence-corrected chi connectivity index (χ0v) is 19.6. The van der Waals surface area contributed by atoms with Crippen molar-refractivity contribution in [1.29, 1.82) is 0 Å². The van der Waals surface area contributed by atoms with Gasteiger partial charge in [-0.05, 0) is 25.7 Å². The Bertz CT molecular complexity index is 837. The number of rotatable bonds is 4. The van der Waals surface area contributed by atoms with Crippen LogP contribution < -0.4 is 4.90 Å². The number of likely N-dealkylation sites (tertiary alicyclic amines) is 1. The molecule has 1 aromatic heterocycles. The molecule has 3 fully saturated rings. The van der Waals surface area contributed by atoms with E-state index in [1.165, 1.54) is 0 Å². The van der Waals surface area contributed by atoms with Crippen LogP contribution in [0.5, 0.6) is 0 Å². The minimum Gasteiger partial charge on any atom is -0.342 e. The van der Waals surface area contributed by atoms with Crippen molar-refractivity contribution in [2.24, 2.45) is 18.9 Å². The lowest BCUT2D eigenvalue weighted by atomic mass is 9.94. The maximum absolute atomic E-state index is 13.2. The number of anilines is 1. The molecule has 0 N–H and O–H groups in total. The first-order valence-corrected chi connectivity index (χ1v) is 12.0. The molecule has 4 heterocycles. The van der Waals surface area contributed by atoms with Crippen molar-refractivity contribution in [3.63, 3.8) is 0 Å². The number of aryl methyl sites for hydroxylation is 1. The molecule has 32 heavy (non-hydrogen) atoms. The predicted octanol–water partition coefficient (Wildman–Crippen LogP) is 0.954. The second-order valence-electron chi connectivity index (χ2n) is 9.64. The molecule has 3 aliphatic heterocycles. The van der Waals surface area contributed by atoms with Gasteiger partial charge >= 0.3 is 0 Å². The Labute approximate surface area is 190 Å². The lowest BCUT2D eigenvalue weighted by Gasteiger charge is -2.43. The summed E-state index contributed by atoms with van der Waals surface area (Å²) in [6, 6.07) is -0.119. The molecule has 0 saturated carbocycles. The Morgan fingerprint density at radius 3 is 2.25 bits per heavy atom. The summed E-state index contributed by atoms with van der Waals surface area (Å²) in [5.74, 6) is 0.559. The van der Waals surface area contributed by atoms with Gasteiger partial charge in [0.1, 0.15) is 0 Å². The van der Waals surface area contributed by atoms with Gasteiger partial charge < -0.3 is 14.7 Å². The Morgan fingerprint density at radius 2 is 1.66 bits per heavy atom. The van der Waals surface area contributed by atoms with Crippen molar-refractivity contribution < 1.29 is 14.4 Å². The van der Waals surface area contributed by atoms with Crippen molar-refractivity contribution in [2.45, 2.75) is 45.6 Å². The summed E-state index contributed by atoms with van der Waals surface area (Å²) in [5, 5.41) is 4.20. The van der Waals surface area contributed by atoms with Crippen LogP contribution in [0.15, 0.2) is 12.4 Å². The van der Waals surface area contributed by atoms with E-state index in [1.54, 1.807) is 10.9 Å². The average Bonchev–Trinajstić information content (AvgIpc) is 3.24. The number of hydrogen-bond donors (Lipinski definition) is 0. The SMILES string of the molecule is CC(C)C(=O)N1CCC(C(=O)N2CCN(C3CCCN(c4cnn(C)c4)C3=O)CC2)CC1. The molecule has 9 heteroatoms. The van der Waals surface area contributed by atoms with E-state index in [9.17, 15) is 14.4 Å². The first-order chi connectivity index (χ1) is 15.3. The van der Waals surface area contributed by atoms with Crippen LogP contribution in [0, 0.1) is 11.8 Å². The number of amides is 3. The largest absolute Gasteiger partial charge is 0.342 e. The topological polar surface area (TPSA) is 82.0 Å². The van der Waals surface area contributed by atoms with E-state index in [4.69, 9.17) is 0 Å². The number of carbonyl (C=O) groups excluding carboxylic acids is 3. The quantitative estimate of drug-likeness (QED) is 0.691. The van der Waals surface area contributed by atoms with Gasteiger partial charge in [0.15, 0.2) is 0 Å². The first-order valence-electron chi connectivity index (χ1n) is 12.0. The summed E-state index contributed by atoms with van der Waals surface area (Å²) in [4.78, 5) is 46.4. The number of nitrogens with zero attached hydrogens (tertiary/aromatic N) is 6. The van der Waals surface area contributed by atoms with Crippen molar-refractivity contribution in [1.82, 2.24) is 24.5 Å². The highest BCUT2D eigenvalue weighted by atomic mass is 16.2. The fraction of sp³-hybridized carbons (Fsp3) is 0.739. The molecular formula is C23H36N6O3. The molecule has 0 aliphatic carbocycles. The third kappa shape index (κ3) is 4.67. The lowest BCUT2D eigenvalue weighted by molar-refractivity contribution is -0.143. The van der Waals surface area contributed by atoms with E-state index in [1.807, 2.05) is 41.8 Å². The Hall–Kier alpha value is -2.42. The summed E-state index contributed by atoms with van der Waals surface area (Å²) in [5.41, 5.74) is 0.860. The number of hydrogen-bond acceptors (Lipinski definition) is 5. The second kappa shape index (κ2) is 9.60. The van der Waals surface area contributed by atoms with Crippen LogP contribution in [0.2, 0.25) is 0 Å². The van der Waals surface area contributed by atoms with E-state index in [-0.39, 0.29) is 35.6 Å². The van der Waals surface area contributed by atoms with Crippen molar-refractivity contribution in [3.05, 3.63) is 12.4 Å². The molecule has 3 saturated heterocycles. The van der Waals surface area contributed by atoms with Crippen molar-refractivity contribution in [3.8, 4) is 0 Å². The third-order valence-electron chi connectivity index (χ3n) is 7.13. The maximum atomic E-state index is 13.2. The first kappa shape index (κ1) is 22.8. The number of carbonyl (C=O) groups is 3. The molecule has 3 amide bonds. The fourth-order valence-electron chi connectivity index (χ4n) is 5.22. The number of piperazine rings is 1. The molecule has 4 rings (SSSR count). The maximum Gasteiger partial charge on any atom is 0.244 e. The summed E-state index contributed by atoms with van der Waals surface area (Å²) in [7, 11) is 1.86. The van der Waals surface area contributed by atoms with Crippen LogP contribution >= 0.6 is 0 Å². The van der Waals surface area contributed by atoms with E-state index in [0.717, 1.165) is 51.0 Å². The van der Waals surface area contributed by atoms with Gasteiger partial charge in [0.05, 0.1) is 17.9 Å². The standard InChI is InChI=1S/C23H36N6O3/c1-17(2)21(30)27-9-6-18(7-10-27)22(31)28-13-11-26(12-14-28)20-5-4-8-29(23(20)32)19-15-24-25(3)16-19/h15-18,20H,4-14H2,1-3H3. The summed E-state index contributed by atoms with van der Waals surface area (Å²) >= 11 is 0. The normalized spacial score (nSPS) is 23.8. The Balaban J connectivity index is 1.28. The predicted molar refractivity (Wildman–Crippen MR) is 121 cm³/mol. The highest BCUT2D eigenvalue weighted by molar-refractivity contribution is 5.97. The molecule has 9 nitrogen and oxygen atoms in total. The number of piperidine rings is 2. The van der Waals surface area contributed by atoms with Gasteiger partial charge in [0.25, 0.3) is 0 Å². The molecule has 0 bridgehead atoms. The van der Waals surface area contributed by atoms with Gasteiger partial charge in [-0.3, -0.25) is 24.0 Å². The molecule has 0 spiro atoms. The molecule has 1 unspecified atom stereocenters. The zero-order valence-electron chi connectivity index (χ0n) is 19.6. The molecule has 176 valence electrons. The smallest absolute Gasteiger partial charge is 0.244 e. The molecule has 0 aromatic carbocycles. The van der Waals surface area contributed by atoms with Gasteiger partial charge in [0, 0.05) is 70.9 Å². The molecule has 3 aliphatic rings. The minimum absolute atomic E-state index is 0.00639. The van der Waals surface area contributed by atoms with E-state index in [2.05, 4.69) is 10.00 Å². The minimum atomic E-state index is -0.119. The van der Waals surface area contributed by atoms with Crippen LogP contribution in [0.4, 0.5) is 5.69 Å². The zero-order chi connectivity index (χ0) is 22.8. The molecular weight excluding hydrogens is 408 g/mol. The average molecular weight is 445 g/mol. The summed E-state index contributed by atoms with van der Waals surface area (Å²) in [6.45, 7) is 8.72. The van der Waals surface area contributed by atoms with Crippen LogP contribution in [0.3, 0.4) is 0 Å². The van der Waals surface area contributed by atoms with E-state index in [0.29, 0.717) is 26.2 Å². The van der Waals surface area contributed by atoms with Crippen LogP contribution in [0.25, 0.3) is 0 Å². The highest BCUT2D eigenvalue weighted by Crippen LogP contribution is 2.26. The van der Waals surface area contributed by atoms with Gasteiger partial charge in [-0.1, -0.05) is 13.8 Å². The van der Waals surface area contributed by atoms with E-state index < -0.39 is 0 Å². The Kier molecular flexibility index (Phi) is 6.83. The van der Waals surface area contributed by atoms with Crippen molar-refractivity contribution >= 4 is 23.4 Å². The fourth-order valence-corrected chi connectivity index (χ4v) is 5.22. The summed E-state index contributed by atoms with van der Waals surface area (Å²) < 4.78 is 1.72. The second-order valence-corrected chi connectivity index (χ2v) is 9.64. The molecule has 1 aromatic rings. The monoisotopic (exact) mass is 444 g/mol. The third-order valence-corrected chi connectivity index (χ3v) is 7.13. The van der Waals surface area contributed by atoms with Gasteiger partial charge in [0.2, 0.25) is 17.7 Å². The highest BCUT2D eigenvalue weighted by Gasteiger charge is 2.37. The van der Waals surface area contributed by atoms with Crippen LogP contribution in [-0.2, 0) is 21.4 Å². The van der Waals surface area contributed by atoms with Gasteiger partial charge in [-0.25, -0.2) is 0 Å². The molecule has 0 radical (unpaired) electrons.